The number of aryl methyl sites for hydroxylation is 1. The van der Waals surface area contributed by atoms with Crippen LogP contribution >= 0.6 is 0 Å². The maximum Gasteiger partial charge on any atom is 0.0376 e. The van der Waals surface area contributed by atoms with E-state index >= 15 is 0 Å². The Bertz CT molecular complexity index is 1330. The largest absolute Gasteiger partial charge is 0.362 e. The van der Waals surface area contributed by atoms with Gasteiger partial charge in [0.15, 0.2) is 0 Å². The highest BCUT2D eigenvalue weighted by Crippen LogP contribution is 2.27. The molecule has 40 heavy (non-hydrogen) atoms. The predicted molar refractivity (Wildman–Crippen MR) is 177 cm³/mol. The average molecular weight is 526 g/mol. The Morgan fingerprint density at radius 1 is 0.800 bits per heavy atom. The summed E-state index contributed by atoms with van der Waals surface area (Å²) in [6.45, 7) is 8.12. The molecule has 0 aliphatic carbocycles. The normalized spacial score (nSPS) is 14.8. The molecular weight excluding hydrogens is 482 g/mol. The van der Waals surface area contributed by atoms with Crippen LogP contribution in [-0.4, -0.2) is 0 Å². The standard InChI is InChI=1S/C39H43N/c1-5-8-18-32-39(4,37-29-14-11-15-30-37)33-19-20-34-40-38(22-7-3)31-21-28-35(23-9-6-2)26-16-17-27-36-24-12-10-13-25-36/h5,7-8,10-16,18-26,28-34,40H,17,27H2,1-4H3/b8-5-,22-7-,26-16-,28-21+,32-18-,33-19-,34-20+,35-23+,38-31+. The minimum Gasteiger partial charge on any atom is -0.362 e. The third kappa shape index (κ3) is 12.8. The number of nitrogens with one attached hydrogen (secondary N) is 1. The monoisotopic (exact) mass is 525 g/mol. The van der Waals surface area contributed by atoms with E-state index in [2.05, 4.69) is 152 Å². The summed E-state index contributed by atoms with van der Waals surface area (Å²) in [6.07, 6.45) is 35.3. The zero-order chi connectivity index (χ0) is 28.7. The van der Waals surface area contributed by atoms with Gasteiger partial charge in [-0.05, 0) is 81.5 Å². The van der Waals surface area contributed by atoms with Gasteiger partial charge in [0.1, 0.15) is 0 Å². The summed E-state index contributed by atoms with van der Waals surface area (Å²) in [6, 6.07) is 21.1. The van der Waals surface area contributed by atoms with Gasteiger partial charge in [-0.1, -0.05) is 133 Å². The Morgan fingerprint density at radius 2 is 1.50 bits per heavy atom. The summed E-state index contributed by atoms with van der Waals surface area (Å²) in [5, 5.41) is 3.38. The fourth-order valence-corrected chi connectivity index (χ4v) is 3.88. The third-order valence-corrected chi connectivity index (χ3v) is 6.09. The van der Waals surface area contributed by atoms with Crippen molar-refractivity contribution in [3.05, 3.63) is 180 Å². The zero-order valence-electron chi connectivity index (χ0n) is 24.4. The second-order valence-corrected chi connectivity index (χ2v) is 9.34. The van der Waals surface area contributed by atoms with Gasteiger partial charge in [-0.15, -0.1) is 5.92 Å². The Kier molecular flexibility index (Phi) is 15.5. The van der Waals surface area contributed by atoms with E-state index in [9.17, 15) is 0 Å². The second kappa shape index (κ2) is 19.5. The van der Waals surface area contributed by atoms with Crippen LogP contribution in [0.25, 0.3) is 0 Å². The molecule has 0 heterocycles. The van der Waals surface area contributed by atoms with Crippen molar-refractivity contribution in [1.29, 1.82) is 0 Å². The van der Waals surface area contributed by atoms with Crippen LogP contribution in [0.15, 0.2) is 169 Å². The molecular formula is C39H43N. The lowest BCUT2D eigenvalue weighted by molar-refractivity contribution is 0.757. The molecule has 0 aliphatic heterocycles. The molecule has 0 fully saturated rings. The van der Waals surface area contributed by atoms with E-state index < -0.39 is 0 Å². The van der Waals surface area contributed by atoms with E-state index in [0.29, 0.717) is 0 Å². The molecule has 204 valence electrons. The van der Waals surface area contributed by atoms with Crippen molar-refractivity contribution in [3.63, 3.8) is 0 Å². The van der Waals surface area contributed by atoms with Crippen LogP contribution in [0.1, 0.15) is 45.2 Å². The van der Waals surface area contributed by atoms with Gasteiger partial charge >= 0.3 is 0 Å². The molecule has 0 aliphatic rings. The molecule has 0 saturated heterocycles. The summed E-state index contributed by atoms with van der Waals surface area (Å²) >= 11 is 0. The fourth-order valence-electron chi connectivity index (χ4n) is 3.88. The van der Waals surface area contributed by atoms with Crippen LogP contribution in [0.4, 0.5) is 0 Å². The smallest absolute Gasteiger partial charge is 0.0376 e. The number of benzene rings is 2. The van der Waals surface area contributed by atoms with Gasteiger partial charge in [0.25, 0.3) is 0 Å². The van der Waals surface area contributed by atoms with Gasteiger partial charge in [-0.2, -0.15) is 0 Å². The van der Waals surface area contributed by atoms with E-state index in [0.717, 1.165) is 24.1 Å². The van der Waals surface area contributed by atoms with E-state index in [1.165, 1.54) is 11.1 Å². The minimum absolute atomic E-state index is 0.200. The number of allylic oxidation sites excluding steroid dienone is 16. The maximum atomic E-state index is 3.38. The second-order valence-electron chi connectivity index (χ2n) is 9.34. The van der Waals surface area contributed by atoms with Gasteiger partial charge < -0.3 is 5.32 Å². The van der Waals surface area contributed by atoms with E-state index in [-0.39, 0.29) is 5.41 Å². The van der Waals surface area contributed by atoms with Crippen LogP contribution in [0, 0.1) is 11.8 Å². The summed E-state index contributed by atoms with van der Waals surface area (Å²) in [5.41, 5.74) is 4.47. The molecule has 1 N–H and O–H groups in total. The van der Waals surface area contributed by atoms with E-state index in [1.807, 2.05) is 51.3 Å². The topological polar surface area (TPSA) is 12.0 Å². The van der Waals surface area contributed by atoms with Gasteiger partial charge in [0, 0.05) is 17.3 Å². The first kappa shape index (κ1) is 31.7. The SMILES string of the molecule is CC#C/C=C(\C=C/CCc1ccccc1)/C=C/C=C(\C=C/C)N/C=C/C=C\C(C)(/C=C\C=C/C)c1ccccc1. The summed E-state index contributed by atoms with van der Waals surface area (Å²) in [4.78, 5) is 0. The molecule has 0 amide bonds. The highest BCUT2D eigenvalue weighted by Gasteiger charge is 2.18. The molecule has 0 saturated carbocycles. The number of rotatable bonds is 14. The molecule has 0 aromatic heterocycles. The highest BCUT2D eigenvalue weighted by molar-refractivity contribution is 5.40. The molecule has 2 aromatic carbocycles. The first-order chi connectivity index (χ1) is 19.6. The Hall–Kier alpha value is -4.54. The fraction of sp³-hybridized carbons (Fsp3) is 0.179. The molecule has 2 rings (SSSR count). The van der Waals surface area contributed by atoms with Gasteiger partial charge in [0.2, 0.25) is 0 Å². The zero-order valence-corrected chi connectivity index (χ0v) is 24.4. The Balaban J connectivity index is 2.06. The average Bonchev–Trinajstić information content (AvgIpc) is 2.98. The predicted octanol–water partition coefficient (Wildman–Crippen LogP) is 9.89. The summed E-state index contributed by atoms with van der Waals surface area (Å²) < 4.78 is 0. The molecule has 1 atom stereocenters. The quantitative estimate of drug-likeness (QED) is 0.191. The van der Waals surface area contributed by atoms with Crippen molar-refractivity contribution >= 4 is 0 Å². The van der Waals surface area contributed by atoms with E-state index in [4.69, 9.17) is 0 Å². The van der Waals surface area contributed by atoms with Crippen LogP contribution in [-0.2, 0) is 11.8 Å². The number of hydrogen-bond acceptors (Lipinski definition) is 1. The number of hydrogen-bond donors (Lipinski definition) is 1. The minimum atomic E-state index is -0.200. The molecule has 0 radical (unpaired) electrons. The molecule has 0 bridgehead atoms. The third-order valence-electron chi connectivity index (χ3n) is 6.09. The van der Waals surface area contributed by atoms with Crippen molar-refractivity contribution in [2.24, 2.45) is 0 Å². The molecule has 1 heteroatoms. The molecule has 0 spiro atoms. The summed E-state index contributed by atoms with van der Waals surface area (Å²) in [5.74, 6) is 6.02. The summed E-state index contributed by atoms with van der Waals surface area (Å²) in [7, 11) is 0. The first-order valence-corrected chi connectivity index (χ1v) is 13.9. The lowest BCUT2D eigenvalue weighted by atomic mass is 9.81. The van der Waals surface area contributed by atoms with Crippen molar-refractivity contribution in [2.45, 2.75) is 46.0 Å². The maximum absolute atomic E-state index is 3.38. The van der Waals surface area contributed by atoms with Gasteiger partial charge in [0.05, 0.1) is 0 Å². The van der Waals surface area contributed by atoms with Crippen LogP contribution in [0.3, 0.4) is 0 Å². The molecule has 1 unspecified atom stereocenters. The highest BCUT2D eigenvalue weighted by atomic mass is 14.8. The van der Waals surface area contributed by atoms with Crippen molar-refractivity contribution in [2.75, 3.05) is 0 Å². The van der Waals surface area contributed by atoms with Gasteiger partial charge in [-0.25, -0.2) is 0 Å². The van der Waals surface area contributed by atoms with Crippen LogP contribution < -0.4 is 5.32 Å². The first-order valence-electron chi connectivity index (χ1n) is 13.9. The van der Waals surface area contributed by atoms with Crippen molar-refractivity contribution < 1.29 is 0 Å². The van der Waals surface area contributed by atoms with Crippen molar-refractivity contribution in [3.8, 4) is 11.8 Å². The van der Waals surface area contributed by atoms with E-state index in [1.54, 1.807) is 0 Å². The Labute approximate surface area is 243 Å². The lowest BCUT2D eigenvalue weighted by Gasteiger charge is -2.22. The Morgan fingerprint density at radius 3 is 2.17 bits per heavy atom. The van der Waals surface area contributed by atoms with Crippen LogP contribution in [0.5, 0.6) is 0 Å². The lowest BCUT2D eigenvalue weighted by Crippen LogP contribution is -2.15. The van der Waals surface area contributed by atoms with Crippen molar-refractivity contribution in [1.82, 2.24) is 5.32 Å². The molecule has 2 aromatic rings. The van der Waals surface area contributed by atoms with Gasteiger partial charge in [-0.3, -0.25) is 0 Å². The van der Waals surface area contributed by atoms with Crippen LogP contribution in [0.2, 0.25) is 0 Å². The molecule has 1 nitrogen and oxygen atoms in total.